The quantitative estimate of drug-likeness (QED) is 0.405. The Hall–Kier alpha value is -3.39. The first-order valence-electron chi connectivity index (χ1n) is 9.89. The van der Waals surface area contributed by atoms with Gasteiger partial charge in [0.15, 0.2) is 5.69 Å². The lowest BCUT2D eigenvalue weighted by Crippen LogP contribution is -2.21. The van der Waals surface area contributed by atoms with Gasteiger partial charge >= 0.3 is 5.97 Å². The van der Waals surface area contributed by atoms with Gasteiger partial charge in [-0.2, -0.15) is 5.10 Å². The number of hydrogen-bond donors (Lipinski definition) is 0. The third-order valence-corrected chi connectivity index (χ3v) is 4.83. The number of ether oxygens (including phenoxy) is 1. The van der Waals surface area contributed by atoms with E-state index in [0.29, 0.717) is 35.1 Å². The van der Waals surface area contributed by atoms with Crippen molar-refractivity contribution < 1.29 is 14.4 Å². The van der Waals surface area contributed by atoms with Crippen LogP contribution in [0, 0.1) is 12.8 Å². The van der Waals surface area contributed by atoms with E-state index in [4.69, 9.17) is 21.2 Å². The molecule has 4 aromatic rings. The molecule has 2 heterocycles. The third-order valence-electron chi connectivity index (χ3n) is 4.60. The number of para-hydroxylation sites is 1. The summed E-state index contributed by atoms with van der Waals surface area (Å²) in [5, 5.41) is 12.9. The van der Waals surface area contributed by atoms with E-state index in [1.165, 1.54) is 0 Å². The fourth-order valence-corrected chi connectivity index (χ4v) is 3.24. The molecule has 31 heavy (non-hydrogen) atoms. The Morgan fingerprint density at radius 1 is 1.16 bits per heavy atom. The molecule has 0 radical (unpaired) electrons. The van der Waals surface area contributed by atoms with Crippen molar-refractivity contribution in [3.63, 3.8) is 0 Å². The highest BCUT2D eigenvalue weighted by Gasteiger charge is 2.18. The average Bonchev–Trinajstić information content (AvgIpc) is 3.31. The highest BCUT2D eigenvalue weighted by molar-refractivity contribution is 6.30. The molecule has 0 amide bonds. The minimum Gasteiger partial charge on any atom is -0.493 e. The highest BCUT2D eigenvalue weighted by atomic mass is 35.5. The van der Waals surface area contributed by atoms with Gasteiger partial charge in [0.05, 0.1) is 13.2 Å². The Morgan fingerprint density at radius 2 is 1.97 bits per heavy atom. The SMILES string of the molecule is Cc1cc(C(=O)On2nnc3ccccc32)nn1Cc1cc(Cl)ccc1OCC(C)C. The van der Waals surface area contributed by atoms with Gasteiger partial charge in [-0.25, -0.2) is 4.79 Å². The highest BCUT2D eigenvalue weighted by Crippen LogP contribution is 2.25. The van der Waals surface area contributed by atoms with Crippen LogP contribution in [0.3, 0.4) is 0 Å². The molecule has 9 heteroatoms. The lowest BCUT2D eigenvalue weighted by molar-refractivity contribution is 0.0401. The fourth-order valence-electron chi connectivity index (χ4n) is 3.04. The Bertz CT molecular complexity index is 1230. The largest absolute Gasteiger partial charge is 0.493 e. The van der Waals surface area contributed by atoms with Gasteiger partial charge in [-0.1, -0.05) is 42.4 Å². The summed E-state index contributed by atoms with van der Waals surface area (Å²) in [5.41, 5.74) is 3.07. The number of nitrogens with zero attached hydrogens (tertiary/aromatic N) is 5. The van der Waals surface area contributed by atoms with Crippen molar-refractivity contribution in [3.8, 4) is 5.75 Å². The van der Waals surface area contributed by atoms with E-state index < -0.39 is 5.97 Å². The zero-order valence-electron chi connectivity index (χ0n) is 17.4. The molecule has 2 aromatic carbocycles. The predicted octanol–water partition coefficient (Wildman–Crippen LogP) is 3.94. The second-order valence-corrected chi connectivity index (χ2v) is 8.05. The summed E-state index contributed by atoms with van der Waals surface area (Å²) < 4.78 is 7.63. The molecule has 0 saturated heterocycles. The Kier molecular flexibility index (Phi) is 5.90. The van der Waals surface area contributed by atoms with Crippen LogP contribution in [0.15, 0.2) is 48.5 Å². The first kappa shape index (κ1) is 20.9. The molecule has 2 aromatic heterocycles. The third kappa shape index (κ3) is 4.69. The lowest BCUT2D eigenvalue weighted by atomic mass is 10.2. The molecule has 0 N–H and O–H groups in total. The minimum absolute atomic E-state index is 0.170. The summed E-state index contributed by atoms with van der Waals surface area (Å²) in [5.74, 6) is 0.510. The Labute approximate surface area is 184 Å². The van der Waals surface area contributed by atoms with Crippen LogP contribution in [-0.4, -0.2) is 37.5 Å². The van der Waals surface area contributed by atoms with Gasteiger partial charge in [-0.15, -0.1) is 5.10 Å². The molecule has 0 unspecified atom stereocenters. The van der Waals surface area contributed by atoms with Gasteiger partial charge in [-0.3, -0.25) is 4.68 Å². The van der Waals surface area contributed by atoms with Crippen LogP contribution >= 0.6 is 11.6 Å². The molecular formula is C22H22ClN5O3. The first-order chi connectivity index (χ1) is 14.9. The van der Waals surface area contributed by atoms with E-state index in [-0.39, 0.29) is 5.69 Å². The second-order valence-electron chi connectivity index (χ2n) is 7.62. The maximum absolute atomic E-state index is 12.6. The number of carbonyl (C=O) groups is 1. The normalized spacial score (nSPS) is 11.3. The maximum atomic E-state index is 12.6. The van der Waals surface area contributed by atoms with Crippen molar-refractivity contribution in [2.24, 2.45) is 5.92 Å². The van der Waals surface area contributed by atoms with Crippen molar-refractivity contribution >= 4 is 28.6 Å². The summed E-state index contributed by atoms with van der Waals surface area (Å²) in [6.07, 6.45) is 0. The van der Waals surface area contributed by atoms with Crippen LogP contribution in [-0.2, 0) is 6.54 Å². The van der Waals surface area contributed by atoms with E-state index in [1.54, 1.807) is 28.9 Å². The number of aromatic nitrogens is 5. The zero-order chi connectivity index (χ0) is 22.0. The van der Waals surface area contributed by atoms with E-state index in [1.807, 2.05) is 31.2 Å². The number of fused-ring (bicyclic) bond motifs is 1. The number of carbonyl (C=O) groups excluding carboxylic acids is 1. The van der Waals surface area contributed by atoms with Gasteiger partial charge in [0.2, 0.25) is 0 Å². The monoisotopic (exact) mass is 439 g/mol. The summed E-state index contributed by atoms with van der Waals surface area (Å²) >= 11 is 6.19. The van der Waals surface area contributed by atoms with Crippen LogP contribution in [0.2, 0.25) is 5.02 Å². The van der Waals surface area contributed by atoms with Crippen LogP contribution in [0.1, 0.15) is 35.6 Å². The molecule has 0 fully saturated rings. The number of hydrogen-bond acceptors (Lipinski definition) is 6. The molecule has 0 aliphatic rings. The second kappa shape index (κ2) is 8.77. The molecule has 0 spiro atoms. The van der Waals surface area contributed by atoms with Crippen LogP contribution in [0.5, 0.6) is 5.75 Å². The number of halogens is 1. The van der Waals surface area contributed by atoms with Crippen molar-refractivity contribution in [2.75, 3.05) is 6.61 Å². The minimum atomic E-state index is -0.625. The predicted molar refractivity (Wildman–Crippen MR) is 116 cm³/mol. The Morgan fingerprint density at radius 3 is 2.77 bits per heavy atom. The van der Waals surface area contributed by atoms with E-state index >= 15 is 0 Å². The average molecular weight is 440 g/mol. The summed E-state index contributed by atoms with van der Waals surface area (Å²) in [6.45, 7) is 7.04. The fraction of sp³-hybridized carbons (Fsp3) is 0.273. The van der Waals surface area contributed by atoms with Crippen LogP contribution in [0.25, 0.3) is 11.0 Å². The van der Waals surface area contributed by atoms with E-state index in [0.717, 1.165) is 21.9 Å². The molecule has 0 saturated carbocycles. The van der Waals surface area contributed by atoms with E-state index in [9.17, 15) is 4.79 Å². The Balaban J connectivity index is 1.54. The summed E-state index contributed by atoms with van der Waals surface area (Å²) in [6, 6.07) is 14.4. The van der Waals surface area contributed by atoms with Gasteiger partial charge in [0.25, 0.3) is 0 Å². The first-order valence-corrected chi connectivity index (χ1v) is 10.3. The van der Waals surface area contributed by atoms with Gasteiger partial charge in [0, 0.05) is 16.3 Å². The van der Waals surface area contributed by atoms with Crippen molar-refractivity contribution in [3.05, 3.63) is 70.5 Å². The van der Waals surface area contributed by atoms with Crippen molar-refractivity contribution in [1.29, 1.82) is 0 Å². The van der Waals surface area contributed by atoms with Crippen LogP contribution < -0.4 is 9.57 Å². The lowest BCUT2D eigenvalue weighted by Gasteiger charge is -2.14. The van der Waals surface area contributed by atoms with Crippen molar-refractivity contribution in [1.82, 2.24) is 24.9 Å². The van der Waals surface area contributed by atoms with Crippen LogP contribution in [0.4, 0.5) is 0 Å². The molecule has 0 aliphatic heterocycles. The topological polar surface area (TPSA) is 84.1 Å². The smallest absolute Gasteiger partial charge is 0.385 e. The molecule has 4 rings (SSSR count). The zero-order valence-corrected chi connectivity index (χ0v) is 18.2. The number of rotatable bonds is 7. The number of benzene rings is 2. The molecule has 8 nitrogen and oxygen atoms in total. The van der Waals surface area contributed by atoms with Gasteiger partial charge in [-0.05, 0) is 54.5 Å². The summed E-state index contributed by atoms with van der Waals surface area (Å²) in [4.78, 5) is 19.1. The standard InChI is InChI=1S/C22H22ClN5O3/c1-14(2)13-30-21-9-8-17(23)11-16(21)12-27-15(3)10-19(25-27)22(29)31-28-20-7-5-4-6-18(20)24-26-28/h4-11,14H,12-13H2,1-3H3. The molecule has 0 atom stereocenters. The molecule has 0 bridgehead atoms. The van der Waals surface area contributed by atoms with Gasteiger partial charge < -0.3 is 9.57 Å². The maximum Gasteiger partial charge on any atom is 0.385 e. The van der Waals surface area contributed by atoms with Gasteiger partial charge in [0.1, 0.15) is 16.8 Å². The van der Waals surface area contributed by atoms with Crippen molar-refractivity contribution in [2.45, 2.75) is 27.3 Å². The molecule has 160 valence electrons. The van der Waals surface area contributed by atoms with E-state index in [2.05, 4.69) is 29.3 Å². The molecule has 0 aliphatic carbocycles. The molecular weight excluding hydrogens is 418 g/mol. The number of aryl methyl sites for hydroxylation is 1. The summed E-state index contributed by atoms with van der Waals surface area (Å²) in [7, 11) is 0.